The Morgan fingerprint density at radius 2 is 1.80 bits per heavy atom. The second-order valence-electron chi connectivity index (χ2n) is 2.79. The van der Waals surface area contributed by atoms with Crippen LogP contribution in [0.25, 0.3) is 0 Å². The van der Waals surface area contributed by atoms with E-state index in [1.54, 1.807) is 0 Å². The summed E-state index contributed by atoms with van der Waals surface area (Å²) < 4.78 is 0. The van der Waals surface area contributed by atoms with Crippen LogP contribution in [0, 0.1) is 0 Å². The first-order chi connectivity index (χ1) is 6.88. The van der Waals surface area contributed by atoms with Crippen LogP contribution < -0.4 is 11.1 Å². The fourth-order valence-corrected chi connectivity index (χ4v) is 0.745. The molecule has 8 heteroatoms. The molecule has 0 fully saturated rings. The third-order valence-electron chi connectivity index (χ3n) is 1.53. The number of carboxylic acids is 2. The third-order valence-corrected chi connectivity index (χ3v) is 1.53. The highest BCUT2D eigenvalue weighted by atomic mass is 16.4. The van der Waals surface area contributed by atoms with Crippen molar-refractivity contribution in [2.45, 2.75) is 18.5 Å². The first kappa shape index (κ1) is 13.3. The quantitative estimate of drug-likeness (QED) is 0.328. The molecule has 0 saturated heterocycles. The summed E-state index contributed by atoms with van der Waals surface area (Å²) in [7, 11) is 0. The molecular formula is C7H12N2O6. The molecule has 0 aromatic carbocycles. The van der Waals surface area contributed by atoms with E-state index in [0.717, 1.165) is 0 Å². The second kappa shape index (κ2) is 5.94. The molecule has 0 bridgehead atoms. The molecule has 6 N–H and O–H groups in total. The van der Waals surface area contributed by atoms with Crippen molar-refractivity contribution in [1.82, 2.24) is 5.32 Å². The van der Waals surface area contributed by atoms with Gasteiger partial charge in [0.1, 0.15) is 6.04 Å². The Hall–Kier alpha value is -1.67. The summed E-state index contributed by atoms with van der Waals surface area (Å²) >= 11 is 0. The normalized spacial score (nSPS) is 14.0. The van der Waals surface area contributed by atoms with Gasteiger partial charge in [-0.2, -0.15) is 0 Å². The van der Waals surface area contributed by atoms with E-state index in [4.69, 9.17) is 21.1 Å². The van der Waals surface area contributed by atoms with Gasteiger partial charge in [-0.3, -0.25) is 9.59 Å². The van der Waals surface area contributed by atoms with Crippen molar-refractivity contribution < 1.29 is 29.7 Å². The summed E-state index contributed by atoms with van der Waals surface area (Å²) in [4.78, 5) is 31.6. The fraction of sp³-hybridized carbons (Fsp3) is 0.571. The highest BCUT2D eigenvalue weighted by molar-refractivity contribution is 5.89. The predicted octanol–water partition coefficient (Wildman–Crippen LogP) is -2.65. The molecule has 2 atom stereocenters. The van der Waals surface area contributed by atoms with Crippen molar-refractivity contribution in [2.24, 2.45) is 5.73 Å². The summed E-state index contributed by atoms with van der Waals surface area (Å²) in [6.45, 7) is -0.791. The number of aliphatic hydroxyl groups is 1. The Morgan fingerprint density at radius 3 is 2.13 bits per heavy atom. The van der Waals surface area contributed by atoms with Crippen LogP contribution in [0.15, 0.2) is 0 Å². The predicted molar refractivity (Wildman–Crippen MR) is 46.9 cm³/mol. The molecule has 8 nitrogen and oxygen atoms in total. The van der Waals surface area contributed by atoms with Crippen LogP contribution in [-0.4, -0.2) is 51.9 Å². The number of aliphatic carboxylic acids is 2. The molecule has 0 aliphatic rings. The molecule has 0 aromatic heterocycles. The zero-order valence-electron chi connectivity index (χ0n) is 7.71. The van der Waals surface area contributed by atoms with Gasteiger partial charge in [0.25, 0.3) is 0 Å². The van der Waals surface area contributed by atoms with E-state index in [0.29, 0.717) is 0 Å². The lowest BCUT2D eigenvalue weighted by atomic mass is 10.2. The maximum atomic E-state index is 11.1. The minimum atomic E-state index is -1.47. The molecule has 0 radical (unpaired) electrons. The van der Waals surface area contributed by atoms with Gasteiger partial charge in [-0.1, -0.05) is 0 Å². The smallest absolute Gasteiger partial charge is 0.328 e. The van der Waals surface area contributed by atoms with Gasteiger partial charge < -0.3 is 26.4 Å². The van der Waals surface area contributed by atoms with E-state index in [2.05, 4.69) is 0 Å². The number of hydrogen-bond donors (Lipinski definition) is 5. The molecule has 0 spiro atoms. The number of nitrogens with one attached hydrogen (secondary N) is 1. The lowest BCUT2D eigenvalue weighted by Crippen LogP contribution is -2.50. The average Bonchev–Trinajstić information content (AvgIpc) is 2.11. The van der Waals surface area contributed by atoms with Gasteiger partial charge in [-0.15, -0.1) is 0 Å². The van der Waals surface area contributed by atoms with E-state index in [1.807, 2.05) is 5.32 Å². The van der Waals surface area contributed by atoms with Gasteiger partial charge in [0.2, 0.25) is 5.91 Å². The topological polar surface area (TPSA) is 150 Å². The molecule has 1 amide bonds. The van der Waals surface area contributed by atoms with Gasteiger partial charge in [-0.05, 0) is 0 Å². The van der Waals surface area contributed by atoms with E-state index in [1.165, 1.54) is 0 Å². The fourth-order valence-electron chi connectivity index (χ4n) is 0.745. The summed E-state index contributed by atoms with van der Waals surface area (Å²) in [5, 5.41) is 27.2. The monoisotopic (exact) mass is 220 g/mol. The molecule has 0 aliphatic heterocycles. The Labute approximate surface area is 84.7 Å². The largest absolute Gasteiger partial charge is 0.481 e. The first-order valence-electron chi connectivity index (χ1n) is 4.00. The molecule has 0 aromatic rings. The standard InChI is InChI=1S/C7H12N2O6/c8-3(1-5(11)12)6(13)9-4(2-10)7(14)15/h3-4,10H,1-2,8H2,(H,9,13)(H,11,12)(H,14,15)/t3?,4-/m1/s1. The summed E-state index contributed by atoms with van der Waals surface area (Å²) in [6.07, 6.45) is -0.608. The summed E-state index contributed by atoms with van der Waals surface area (Å²) in [5.41, 5.74) is 5.15. The van der Waals surface area contributed by atoms with Gasteiger partial charge in [0, 0.05) is 0 Å². The van der Waals surface area contributed by atoms with Crippen molar-refractivity contribution >= 4 is 17.8 Å². The number of nitrogens with two attached hydrogens (primary N) is 1. The molecule has 1 unspecified atom stereocenters. The Bertz CT molecular complexity index is 266. The minimum Gasteiger partial charge on any atom is -0.481 e. The second-order valence-corrected chi connectivity index (χ2v) is 2.79. The molecule has 0 heterocycles. The minimum absolute atomic E-state index is 0.608. The van der Waals surface area contributed by atoms with E-state index < -0.39 is 43.0 Å². The third kappa shape index (κ3) is 4.93. The van der Waals surface area contributed by atoms with Gasteiger partial charge in [0.05, 0.1) is 19.1 Å². The SMILES string of the molecule is NC(CC(=O)O)C(=O)N[C@H](CO)C(=O)O. The number of carbonyl (C=O) groups excluding carboxylic acids is 1. The summed E-state index contributed by atoms with van der Waals surface area (Å²) in [5.74, 6) is -3.62. The Balaban J connectivity index is 4.21. The van der Waals surface area contributed by atoms with Crippen molar-refractivity contribution in [1.29, 1.82) is 0 Å². The first-order valence-corrected chi connectivity index (χ1v) is 4.00. The maximum absolute atomic E-state index is 11.1. The van der Waals surface area contributed by atoms with E-state index in [-0.39, 0.29) is 0 Å². The number of amides is 1. The Kier molecular flexibility index (Phi) is 5.27. The number of carboxylic acid groups (broad SMARTS) is 2. The molecular weight excluding hydrogens is 208 g/mol. The van der Waals surface area contributed by atoms with E-state index >= 15 is 0 Å². The number of carbonyl (C=O) groups is 3. The molecule has 15 heavy (non-hydrogen) atoms. The van der Waals surface area contributed by atoms with Crippen LogP contribution in [0.3, 0.4) is 0 Å². The van der Waals surface area contributed by atoms with Crippen LogP contribution in [0.1, 0.15) is 6.42 Å². The number of rotatable bonds is 6. The average molecular weight is 220 g/mol. The lowest BCUT2D eigenvalue weighted by molar-refractivity contribution is -0.143. The molecule has 0 saturated carbocycles. The van der Waals surface area contributed by atoms with Gasteiger partial charge in [0.15, 0.2) is 0 Å². The van der Waals surface area contributed by atoms with Gasteiger partial charge in [-0.25, -0.2) is 4.79 Å². The molecule has 86 valence electrons. The number of aliphatic hydroxyl groups excluding tert-OH is 1. The van der Waals surface area contributed by atoms with Crippen LogP contribution in [0.5, 0.6) is 0 Å². The van der Waals surface area contributed by atoms with Crippen molar-refractivity contribution in [3.05, 3.63) is 0 Å². The van der Waals surface area contributed by atoms with Crippen LogP contribution in [0.4, 0.5) is 0 Å². The summed E-state index contributed by atoms with van der Waals surface area (Å²) in [6, 6.07) is -2.81. The zero-order valence-corrected chi connectivity index (χ0v) is 7.71. The van der Waals surface area contributed by atoms with Crippen LogP contribution in [0.2, 0.25) is 0 Å². The molecule has 0 rings (SSSR count). The van der Waals surface area contributed by atoms with Gasteiger partial charge >= 0.3 is 11.9 Å². The van der Waals surface area contributed by atoms with Crippen molar-refractivity contribution in [3.63, 3.8) is 0 Å². The highest BCUT2D eigenvalue weighted by Crippen LogP contribution is 1.91. The van der Waals surface area contributed by atoms with Crippen molar-refractivity contribution in [3.8, 4) is 0 Å². The highest BCUT2D eigenvalue weighted by Gasteiger charge is 2.23. The van der Waals surface area contributed by atoms with Crippen LogP contribution >= 0.6 is 0 Å². The lowest BCUT2D eigenvalue weighted by Gasteiger charge is -2.14. The van der Waals surface area contributed by atoms with Crippen LogP contribution in [-0.2, 0) is 14.4 Å². The number of hydrogen-bond acceptors (Lipinski definition) is 5. The molecule has 0 aliphatic carbocycles. The zero-order chi connectivity index (χ0) is 12.0. The van der Waals surface area contributed by atoms with Crippen molar-refractivity contribution in [2.75, 3.05) is 6.61 Å². The van der Waals surface area contributed by atoms with E-state index in [9.17, 15) is 14.4 Å². The maximum Gasteiger partial charge on any atom is 0.328 e. The Morgan fingerprint density at radius 1 is 1.27 bits per heavy atom.